The summed E-state index contributed by atoms with van der Waals surface area (Å²) in [6.07, 6.45) is 6.39. The number of nitrogens with zero attached hydrogens (tertiary/aromatic N) is 2. The summed E-state index contributed by atoms with van der Waals surface area (Å²) in [5, 5.41) is 5.65. The third-order valence-corrected chi connectivity index (χ3v) is 10.1. The highest BCUT2D eigenvalue weighted by Gasteiger charge is 2.62. The standard InChI is InChI=1S/C40H57FN4O8/c1-8-12-14-15-16-20-30(42-37(49)53-39(5,6)7)35(47)45-31(21-13-9-2)33(52-38(50)44-24-26-18-17-19-29(41)28(26)25-44)22-32(45)34(46)43-40(23-27(40)10-3)36(48)51-11-4/h8,10,17-19,27,30-33H,1,3,9,11-16,20-25H2,2,4-7H3,(H,42,49)(H,43,46)/t27-,30+,31+,32+,33-,40-/m1/s1. The monoisotopic (exact) mass is 740 g/mol. The van der Waals surface area contributed by atoms with E-state index in [2.05, 4.69) is 23.8 Å². The lowest BCUT2D eigenvalue weighted by molar-refractivity contribution is -0.150. The first-order valence-electron chi connectivity index (χ1n) is 19.0. The van der Waals surface area contributed by atoms with Crippen molar-refractivity contribution < 1.29 is 42.6 Å². The Morgan fingerprint density at radius 2 is 1.83 bits per heavy atom. The van der Waals surface area contributed by atoms with E-state index >= 15 is 0 Å². The molecule has 12 nitrogen and oxygen atoms in total. The third-order valence-electron chi connectivity index (χ3n) is 10.1. The van der Waals surface area contributed by atoms with E-state index in [0.717, 1.165) is 25.7 Å². The summed E-state index contributed by atoms with van der Waals surface area (Å²) < 4.78 is 31.5. The fourth-order valence-electron chi connectivity index (χ4n) is 7.30. The number of allylic oxidation sites excluding steroid dienone is 1. The summed E-state index contributed by atoms with van der Waals surface area (Å²) in [7, 11) is 0. The summed E-state index contributed by atoms with van der Waals surface area (Å²) in [4.78, 5) is 72.0. The van der Waals surface area contributed by atoms with Crippen LogP contribution in [0.3, 0.4) is 0 Å². The zero-order valence-corrected chi connectivity index (χ0v) is 31.9. The predicted octanol–water partition coefficient (Wildman–Crippen LogP) is 6.46. The maximum atomic E-state index is 14.8. The topological polar surface area (TPSA) is 144 Å². The number of benzene rings is 1. The van der Waals surface area contributed by atoms with Gasteiger partial charge in [-0.15, -0.1) is 13.2 Å². The van der Waals surface area contributed by atoms with Gasteiger partial charge in [-0.2, -0.15) is 0 Å². The molecule has 2 aliphatic heterocycles. The Labute approximate surface area is 312 Å². The molecule has 13 heteroatoms. The predicted molar refractivity (Wildman–Crippen MR) is 197 cm³/mol. The Morgan fingerprint density at radius 3 is 2.45 bits per heavy atom. The van der Waals surface area contributed by atoms with Crippen LogP contribution in [-0.2, 0) is 41.7 Å². The SMILES string of the molecule is C=CCCCCC[C@H](NC(=O)OC(C)(C)C)C(=O)N1[C@H](C(=O)N[C@]2(C(=O)OCC)C[C@H]2C=C)C[C@@H](OC(=O)N2Cc3cccc(F)c3C2)[C@@H]1CCCC. The minimum Gasteiger partial charge on any atom is -0.464 e. The molecule has 6 atom stereocenters. The summed E-state index contributed by atoms with van der Waals surface area (Å²) >= 11 is 0. The molecule has 1 saturated carbocycles. The molecule has 0 spiro atoms. The number of likely N-dealkylation sites (tertiary alicyclic amines) is 1. The van der Waals surface area contributed by atoms with Crippen LogP contribution < -0.4 is 10.6 Å². The van der Waals surface area contributed by atoms with E-state index < -0.39 is 71.2 Å². The van der Waals surface area contributed by atoms with Crippen molar-refractivity contribution in [2.45, 2.75) is 147 Å². The van der Waals surface area contributed by atoms with Crippen LogP contribution in [0.15, 0.2) is 43.5 Å². The largest absolute Gasteiger partial charge is 0.464 e. The second-order valence-electron chi connectivity index (χ2n) is 15.2. The van der Waals surface area contributed by atoms with Crippen LogP contribution in [0.5, 0.6) is 0 Å². The number of alkyl carbamates (subject to hydrolysis) is 1. The second-order valence-corrected chi connectivity index (χ2v) is 15.2. The number of rotatable bonds is 17. The van der Waals surface area contributed by atoms with Crippen molar-refractivity contribution in [1.82, 2.24) is 20.4 Å². The number of nitrogens with one attached hydrogen (secondary N) is 2. The van der Waals surface area contributed by atoms with Gasteiger partial charge in [-0.05, 0) is 71.4 Å². The molecule has 1 saturated heterocycles. The zero-order valence-electron chi connectivity index (χ0n) is 31.9. The molecular formula is C40H57FN4O8. The summed E-state index contributed by atoms with van der Waals surface area (Å²) in [6, 6.07) is 1.75. The van der Waals surface area contributed by atoms with Gasteiger partial charge in [0.15, 0.2) is 0 Å². The van der Waals surface area contributed by atoms with Gasteiger partial charge in [-0.1, -0.05) is 56.9 Å². The number of carbonyl (C=O) groups excluding carboxylic acids is 5. The molecule has 1 aromatic rings. The number of amides is 4. The maximum Gasteiger partial charge on any atom is 0.410 e. The Hall–Kier alpha value is -4.42. The van der Waals surface area contributed by atoms with Crippen molar-refractivity contribution in [3.63, 3.8) is 0 Å². The van der Waals surface area contributed by atoms with E-state index in [1.165, 1.54) is 15.9 Å². The number of hydrogen-bond acceptors (Lipinski definition) is 8. The molecule has 2 fully saturated rings. The van der Waals surface area contributed by atoms with Crippen LogP contribution in [0, 0.1) is 11.7 Å². The van der Waals surface area contributed by atoms with Gasteiger partial charge >= 0.3 is 18.2 Å². The van der Waals surface area contributed by atoms with Crippen LogP contribution in [-0.4, -0.2) is 81.7 Å². The molecule has 2 heterocycles. The van der Waals surface area contributed by atoms with E-state index in [1.54, 1.807) is 45.9 Å². The molecule has 0 unspecified atom stereocenters. The molecule has 1 aliphatic carbocycles. The van der Waals surface area contributed by atoms with Gasteiger partial charge in [0.1, 0.15) is 35.1 Å². The van der Waals surface area contributed by atoms with Crippen LogP contribution in [0.25, 0.3) is 0 Å². The van der Waals surface area contributed by atoms with Crippen molar-refractivity contribution in [1.29, 1.82) is 0 Å². The highest BCUT2D eigenvalue weighted by molar-refractivity contribution is 5.97. The van der Waals surface area contributed by atoms with Crippen molar-refractivity contribution in [3.05, 3.63) is 60.5 Å². The normalized spacial score (nSPS) is 23.7. The highest BCUT2D eigenvalue weighted by atomic mass is 19.1. The van der Waals surface area contributed by atoms with E-state index in [1.807, 2.05) is 13.0 Å². The minimum atomic E-state index is -1.33. The zero-order chi connectivity index (χ0) is 38.9. The van der Waals surface area contributed by atoms with Gasteiger partial charge in [-0.25, -0.2) is 18.8 Å². The molecule has 3 aliphatic rings. The van der Waals surface area contributed by atoms with Crippen molar-refractivity contribution in [3.8, 4) is 0 Å². The smallest absolute Gasteiger partial charge is 0.410 e. The molecule has 0 radical (unpaired) electrons. The van der Waals surface area contributed by atoms with Crippen LogP contribution in [0.2, 0.25) is 0 Å². The molecule has 4 rings (SSSR count). The number of halogens is 1. The van der Waals surface area contributed by atoms with E-state index in [0.29, 0.717) is 36.8 Å². The summed E-state index contributed by atoms with van der Waals surface area (Å²) in [5.41, 5.74) is -1.06. The molecule has 1 aromatic carbocycles. The first-order valence-corrected chi connectivity index (χ1v) is 19.0. The minimum absolute atomic E-state index is 0.0263. The molecule has 53 heavy (non-hydrogen) atoms. The number of hydrogen-bond donors (Lipinski definition) is 2. The molecule has 4 amide bonds. The van der Waals surface area contributed by atoms with Gasteiger partial charge < -0.3 is 29.7 Å². The highest BCUT2D eigenvalue weighted by Crippen LogP contribution is 2.46. The summed E-state index contributed by atoms with van der Waals surface area (Å²) in [5.74, 6) is -2.49. The second kappa shape index (κ2) is 18.1. The molecule has 2 N–H and O–H groups in total. The van der Waals surface area contributed by atoms with E-state index in [-0.39, 0.29) is 38.5 Å². The van der Waals surface area contributed by atoms with Crippen molar-refractivity contribution in [2.75, 3.05) is 6.61 Å². The summed E-state index contributed by atoms with van der Waals surface area (Å²) in [6.45, 7) is 16.7. The number of fused-ring (bicyclic) bond motifs is 1. The lowest BCUT2D eigenvalue weighted by Crippen LogP contribution is -2.58. The van der Waals surface area contributed by atoms with Gasteiger partial charge in [-0.3, -0.25) is 14.5 Å². The number of unbranched alkanes of at least 4 members (excludes halogenated alkanes) is 4. The number of esters is 1. The first kappa shape index (κ1) is 41.3. The fraction of sp³-hybridized carbons (Fsp3) is 0.625. The Balaban J connectivity index is 1.68. The Morgan fingerprint density at radius 1 is 1.08 bits per heavy atom. The average molecular weight is 741 g/mol. The average Bonchev–Trinajstić information content (AvgIpc) is 3.43. The van der Waals surface area contributed by atoms with Crippen LogP contribution in [0.4, 0.5) is 14.0 Å². The third kappa shape index (κ3) is 10.2. The lowest BCUT2D eigenvalue weighted by atomic mass is 10.0. The van der Waals surface area contributed by atoms with Crippen molar-refractivity contribution >= 4 is 30.0 Å². The van der Waals surface area contributed by atoms with Gasteiger partial charge in [0, 0.05) is 24.4 Å². The van der Waals surface area contributed by atoms with Crippen LogP contribution in [0.1, 0.15) is 110 Å². The Kier molecular flexibility index (Phi) is 14.1. The molecule has 0 aromatic heterocycles. The van der Waals surface area contributed by atoms with Gasteiger partial charge in [0.05, 0.1) is 19.2 Å². The Bertz CT molecular complexity index is 1530. The quantitative estimate of drug-likeness (QED) is 0.0802. The van der Waals surface area contributed by atoms with Gasteiger partial charge in [0.25, 0.3) is 0 Å². The fourth-order valence-corrected chi connectivity index (χ4v) is 7.30. The molecule has 0 bridgehead atoms. The molecule has 292 valence electrons. The van der Waals surface area contributed by atoms with E-state index in [4.69, 9.17) is 14.2 Å². The number of carbonyl (C=O) groups is 5. The first-order chi connectivity index (χ1) is 25.2. The van der Waals surface area contributed by atoms with Crippen molar-refractivity contribution in [2.24, 2.45) is 5.92 Å². The lowest BCUT2D eigenvalue weighted by Gasteiger charge is -2.35. The van der Waals surface area contributed by atoms with Crippen LogP contribution >= 0.6 is 0 Å². The maximum absolute atomic E-state index is 14.8. The number of ether oxygens (including phenoxy) is 3. The van der Waals surface area contributed by atoms with E-state index in [9.17, 15) is 28.4 Å². The van der Waals surface area contributed by atoms with Gasteiger partial charge in [0.2, 0.25) is 11.8 Å². The molecular weight excluding hydrogens is 683 g/mol.